The number of benzene rings is 2. The third-order valence-corrected chi connectivity index (χ3v) is 3.75. The van der Waals surface area contributed by atoms with E-state index in [1.165, 1.54) is 0 Å². The summed E-state index contributed by atoms with van der Waals surface area (Å²) in [5.74, 6) is 0.603. The number of carboxylic acid groups (broad SMARTS) is 1. The van der Waals surface area contributed by atoms with Crippen molar-refractivity contribution in [2.24, 2.45) is 0 Å². The first-order valence-electron chi connectivity index (χ1n) is 6.78. The molecule has 0 aromatic heterocycles. The van der Waals surface area contributed by atoms with Crippen LogP contribution < -0.4 is 9.47 Å². The number of aromatic carboxylic acids is 1. The molecule has 108 valence electrons. The molecule has 0 fully saturated rings. The third kappa shape index (κ3) is 2.33. The highest BCUT2D eigenvalue weighted by Gasteiger charge is 2.20. The summed E-state index contributed by atoms with van der Waals surface area (Å²) in [6, 6.07) is 8.94. The molecule has 0 saturated carbocycles. The Kier molecular flexibility index (Phi) is 3.29. The van der Waals surface area contributed by atoms with E-state index in [1.54, 1.807) is 25.3 Å². The summed E-state index contributed by atoms with van der Waals surface area (Å²) in [6.07, 6.45) is 0.768. The number of carboxylic acids is 1. The molecule has 4 heteroatoms. The maximum Gasteiger partial charge on any atom is 0.335 e. The molecule has 0 aliphatic carbocycles. The highest BCUT2D eigenvalue weighted by molar-refractivity contribution is 5.91. The van der Waals surface area contributed by atoms with E-state index in [0.717, 1.165) is 40.2 Å². The van der Waals surface area contributed by atoms with E-state index in [9.17, 15) is 9.90 Å². The molecule has 0 bridgehead atoms. The molecule has 0 amide bonds. The number of methoxy groups -OCH3 is 1. The van der Waals surface area contributed by atoms with Crippen molar-refractivity contribution in [3.63, 3.8) is 0 Å². The molecule has 0 spiro atoms. The Morgan fingerprint density at radius 3 is 2.81 bits per heavy atom. The molecular formula is C17H16O4. The van der Waals surface area contributed by atoms with Crippen molar-refractivity contribution in [1.82, 2.24) is 0 Å². The fourth-order valence-electron chi connectivity index (χ4n) is 2.78. The van der Waals surface area contributed by atoms with Crippen LogP contribution in [0.1, 0.15) is 21.5 Å². The Balaban J connectivity index is 2.26. The molecule has 2 aromatic rings. The van der Waals surface area contributed by atoms with Crippen molar-refractivity contribution in [2.75, 3.05) is 13.7 Å². The van der Waals surface area contributed by atoms with Crippen molar-refractivity contribution in [1.29, 1.82) is 0 Å². The standard InChI is InChI=1S/C17H16O4/c1-10-7-13(20-2)8-11-5-6-21-15-4-3-12(17(18)19)9-14(15)16(10)11/h3-4,7-9H,5-6H2,1-2H3,(H,18,19). The molecule has 1 heterocycles. The van der Waals surface area contributed by atoms with Gasteiger partial charge in [-0.15, -0.1) is 0 Å². The highest BCUT2D eigenvalue weighted by Crippen LogP contribution is 2.39. The maximum absolute atomic E-state index is 11.2. The Bertz CT molecular complexity index is 719. The Hall–Kier alpha value is -2.49. The Morgan fingerprint density at radius 1 is 1.29 bits per heavy atom. The summed E-state index contributed by atoms with van der Waals surface area (Å²) in [7, 11) is 1.64. The fourth-order valence-corrected chi connectivity index (χ4v) is 2.78. The summed E-state index contributed by atoms with van der Waals surface area (Å²) >= 11 is 0. The van der Waals surface area contributed by atoms with Crippen molar-refractivity contribution >= 4 is 5.97 Å². The molecule has 21 heavy (non-hydrogen) atoms. The van der Waals surface area contributed by atoms with Crippen LogP contribution in [-0.4, -0.2) is 24.8 Å². The SMILES string of the molecule is COc1cc(C)c2c(c1)CCOc1ccc(C(=O)O)cc1-2. The van der Waals surface area contributed by atoms with Gasteiger partial charge in [0.2, 0.25) is 0 Å². The van der Waals surface area contributed by atoms with Crippen LogP contribution in [0.2, 0.25) is 0 Å². The predicted octanol–water partition coefficient (Wildman–Crippen LogP) is 3.30. The quantitative estimate of drug-likeness (QED) is 0.919. The molecular weight excluding hydrogens is 268 g/mol. The van der Waals surface area contributed by atoms with Gasteiger partial charge in [0.25, 0.3) is 0 Å². The van der Waals surface area contributed by atoms with Crippen LogP contribution >= 0.6 is 0 Å². The summed E-state index contributed by atoms with van der Waals surface area (Å²) in [5, 5.41) is 9.20. The van der Waals surface area contributed by atoms with Crippen LogP contribution in [0.25, 0.3) is 11.1 Å². The second-order valence-corrected chi connectivity index (χ2v) is 5.09. The number of carbonyl (C=O) groups is 1. The Morgan fingerprint density at radius 2 is 2.10 bits per heavy atom. The second kappa shape index (κ2) is 5.13. The normalized spacial score (nSPS) is 12.7. The van der Waals surface area contributed by atoms with Gasteiger partial charge in [-0.25, -0.2) is 4.79 Å². The number of rotatable bonds is 2. The molecule has 1 aliphatic heterocycles. The lowest BCUT2D eigenvalue weighted by Gasteiger charge is -2.14. The van der Waals surface area contributed by atoms with Gasteiger partial charge in [0, 0.05) is 12.0 Å². The van der Waals surface area contributed by atoms with Crippen molar-refractivity contribution in [3.8, 4) is 22.6 Å². The fraction of sp³-hybridized carbons (Fsp3) is 0.235. The van der Waals surface area contributed by atoms with Crippen LogP contribution in [0.4, 0.5) is 0 Å². The van der Waals surface area contributed by atoms with Crippen LogP contribution in [0.3, 0.4) is 0 Å². The van der Waals surface area contributed by atoms with Crippen LogP contribution in [-0.2, 0) is 6.42 Å². The highest BCUT2D eigenvalue weighted by atomic mass is 16.5. The van der Waals surface area contributed by atoms with Gasteiger partial charge in [-0.2, -0.15) is 0 Å². The molecule has 0 saturated heterocycles. The number of fused-ring (bicyclic) bond motifs is 3. The molecule has 1 aliphatic rings. The van der Waals surface area contributed by atoms with Crippen LogP contribution in [0, 0.1) is 6.92 Å². The average molecular weight is 284 g/mol. The van der Waals surface area contributed by atoms with E-state index >= 15 is 0 Å². The summed E-state index contributed by atoms with van der Waals surface area (Å²) < 4.78 is 11.1. The first kappa shape index (κ1) is 13.5. The third-order valence-electron chi connectivity index (χ3n) is 3.75. The molecule has 0 unspecified atom stereocenters. The summed E-state index contributed by atoms with van der Waals surface area (Å²) in [6.45, 7) is 2.57. The predicted molar refractivity (Wildman–Crippen MR) is 79.3 cm³/mol. The van der Waals surface area contributed by atoms with Gasteiger partial charge < -0.3 is 14.6 Å². The van der Waals surface area contributed by atoms with E-state index < -0.39 is 5.97 Å². The summed E-state index contributed by atoms with van der Waals surface area (Å²) in [5.41, 5.74) is 4.32. The van der Waals surface area contributed by atoms with Gasteiger partial charge in [-0.3, -0.25) is 0 Å². The zero-order chi connectivity index (χ0) is 15.0. The first-order chi connectivity index (χ1) is 10.1. The summed E-state index contributed by atoms with van der Waals surface area (Å²) in [4.78, 5) is 11.2. The van der Waals surface area contributed by atoms with Crippen molar-refractivity contribution < 1.29 is 19.4 Å². The van der Waals surface area contributed by atoms with Gasteiger partial charge in [0.05, 0.1) is 19.3 Å². The van der Waals surface area contributed by atoms with Crippen LogP contribution in [0.15, 0.2) is 30.3 Å². The zero-order valence-electron chi connectivity index (χ0n) is 12.0. The molecule has 4 nitrogen and oxygen atoms in total. The second-order valence-electron chi connectivity index (χ2n) is 5.09. The first-order valence-corrected chi connectivity index (χ1v) is 6.78. The zero-order valence-corrected chi connectivity index (χ0v) is 12.0. The van der Waals surface area contributed by atoms with Gasteiger partial charge in [-0.05, 0) is 53.9 Å². The minimum Gasteiger partial charge on any atom is -0.497 e. The number of hydrogen-bond donors (Lipinski definition) is 1. The average Bonchev–Trinajstić information content (AvgIpc) is 2.65. The lowest BCUT2D eigenvalue weighted by Crippen LogP contribution is -1.99. The molecule has 1 N–H and O–H groups in total. The largest absolute Gasteiger partial charge is 0.497 e. The molecule has 0 radical (unpaired) electrons. The maximum atomic E-state index is 11.2. The molecule has 2 aromatic carbocycles. The van der Waals surface area contributed by atoms with Gasteiger partial charge in [-0.1, -0.05) is 0 Å². The minimum absolute atomic E-state index is 0.264. The Labute approximate surface area is 122 Å². The van der Waals surface area contributed by atoms with Crippen LogP contribution in [0.5, 0.6) is 11.5 Å². The lowest BCUT2D eigenvalue weighted by molar-refractivity contribution is 0.0697. The van der Waals surface area contributed by atoms with Crippen molar-refractivity contribution in [3.05, 3.63) is 47.0 Å². The van der Waals surface area contributed by atoms with E-state index in [-0.39, 0.29) is 5.56 Å². The molecule has 0 atom stereocenters. The van der Waals surface area contributed by atoms with Gasteiger partial charge >= 0.3 is 5.97 Å². The van der Waals surface area contributed by atoms with Crippen molar-refractivity contribution in [2.45, 2.75) is 13.3 Å². The topological polar surface area (TPSA) is 55.8 Å². The number of aryl methyl sites for hydroxylation is 1. The smallest absolute Gasteiger partial charge is 0.335 e. The number of hydrogen-bond acceptors (Lipinski definition) is 3. The van der Waals surface area contributed by atoms with Gasteiger partial charge in [0.1, 0.15) is 11.5 Å². The van der Waals surface area contributed by atoms with E-state index in [1.807, 2.05) is 19.1 Å². The molecule has 3 rings (SSSR count). The number of ether oxygens (including phenoxy) is 2. The van der Waals surface area contributed by atoms with E-state index in [0.29, 0.717) is 6.61 Å². The van der Waals surface area contributed by atoms with E-state index in [2.05, 4.69) is 0 Å². The van der Waals surface area contributed by atoms with E-state index in [4.69, 9.17) is 9.47 Å². The van der Waals surface area contributed by atoms with Gasteiger partial charge in [0.15, 0.2) is 0 Å². The lowest BCUT2D eigenvalue weighted by atomic mass is 9.92. The minimum atomic E-state index is -0.935. The monoisotopic (exact) mass is 284 g/mol.